The van der Waals surface area contributed by atoms with Crippen molar-refractivity contribution >= 4 is 5.97 Å². The summed E-state index contributed by atoms with van der Waals surface area (Å²) in [6, 6.07) is 11.8. The summed E-state index contributed by atoms with van der Waals surface area (Å²) in [6.45, 7) is 1.89. The number of rotatable bonds is 5. The summed E-state index contributed by atoms with van der Waals surface area (Å²) in [5, 5.41) is 16.9. The molecule has 2 aromatic heterocycles. The lowest BCUT2D eigenvalue weighted by Crippen LogP contribution is -2.06. The Bertz CT molecular complexity index is 810. The molecule has 0 amide bonds. The van der Waals surface area contributed by atoms with Gasteiger partial charge >= 0.3 is 5.97 Å². The molecule has 0 aliphatic carbocycles. The van der Waals surface area contributed by atoms with Gasteiger partial charge in [0.15, 0.2) is 5.69 Å². The number of hydrogen-bond donors (Lipinski definition) is 1. The molecule has 116 valence electrons. The zero-order chi connectivity index (χ0) is 16.2. The van der Waals surface area contributed by atoms with Crippen LogP contribution in [-0.4, -0.2) is 31.1 Å². The van der Waals surface area contributed by atoms with Gasteiger partial charge in [-0.05, 0) is 48.2 Å². The Morgan fingerprint density at radius 3 is 2.35 bits per heavy atom. The van der Waals surface area contributed by atoms with Crippen LogP contribution in [0.2, 0.25) is 0 Å². The molecule has 3 aromatic rings. The smallest absolute Gasteiger partial charge is 0.358 e. The lowest BCUT2D eigenvalue weighted by atomic mass is 10.1. The highest BCUT2D eigenvalue weighted by atomic mass is 16.4. The standard InChI is InChI=1S/C17H16N4O2/c1-2-15-16(17(22)23)19-20-21(15)14-5-3-12(4-6-14)11-13-7-9-18-10-8-13/h3-10H,2,11H2,1H3,(H,22,23). The van der Waals surface area contributed by atoms with Crippen LogP contribution in [-0.2, 0) is 12.8 Å². The predicted molar refractivity (Wildman–Crippen MR) is 84.7 cm³/mol. The van der Waals surface area contributed by atoms with Crippen LogP contribution in [0.4, 0.5) is 0 Å². The molecule has 1 N–H and O–H groups in total. The van der Waals surface area contributed by atoms with Gasteiger partial charge in [0.05, 0.1) is 11.4 Å². The second kappa shape index (κ2) is 6.39. The molecule has 23 heavy (non-hydrogen) atoms. The highest BCUT2D eigenvalue weighted by molar-refractivity contribution is 5.86. The third-order valence-electron chi connectivity index (χ3n) is 3.64. The zero-order valence-electron chi connectivity index (χ0n) is 12.7. The van der Waals surface area contributed by atoms with E-state index in [1.165, 1.54) is 5.56 Å². The van der Waals surface area contributed by atoms with E-state index in [0.717, 1.165) is 17.7 Å². The first kappa shape index (κ1) is 14.9. The summed E-state index contributed by atoms with van der Waals surface area (Å²) in [5.41, 5.74) is 3.76. The number of aromatic carboxylic acids is 1. The predicted octanol–water partition coefficient (Wildman–Crippen LogP) is 2.51. The van der Waals surface area contributed by atoms with Crippen molar-refractivity contribution in [3.8, 4) is 5.69 Å². The van der Waals surface area contributed by atoms with Crippen LogP contribution in [0.15, 0.2) is 48.8 Å². The molecular weight excluding hydrogens is 292 g/mol. The number of aromatic nitrogens is 4. The van der Waals surface area contributed by atoms with Crippen molar-refractivity contribution in [1.29, 1.82) is 0 Å². The van der Waals surface area contributed by atoms with Crippen molar-refractivity contribution in [3.05, 3.63) is 71.3 Å². The third-order valence-corrected chi connectivity index (χ3v) is 3.64. The van der Waals surface area contributed by atoms with Gasteiger partial charge in [0.2, 0.25) is 0 Å². The molecule has 0 bridgehead atoms. The van der Waals surface area contributed by atoms with E-state index in [2.05, 4.69) is 15.3 Å². The number of benzene rings is 1. The molecule has 3 rings (SSSR count). The van der Waals surface area contributed by atoms with Gasteiger partial charge in [-0.2, -0.15) is 0 Å². The Morgan fingerprint density at radius 2 is 1.74 bits per heavy atom. The normalized spacial score (nSPS) is 10.7. The molecule has 0 atom stereocenters. The maximum absolute atomic E-state index is 11.2. The Hall–Kier alpha value is -3.02. The van der Waals surface area contributed by atoms with E-state index in [1.807, 2.05) is 43.3 Å². The van der Waals surface area contributed by atoms with E-state index in [4.69, 9.17) is 5.11 Å². The number of carboxylic acids is 1. The lowest BCUT2D eigenvalue weighted by molar-refractivity contribution is 0.0689. The van der Waals surface area contributed by atoms with E-state index < -0.39 is 5.97 Å². The van der Waals surface area contributed by atoms with Crippen LogP contribution in [0.3, 0.4) is 0 Å². The van der Waals surface area contributed by atoms with E-state index >= 15 is 0 Å². The maximum Gasteiger partial charge on any atom is 0.358 e. The Balaban J connectivity index is 1.87. The maximum atomic E-state index is 11.2. The fraction of sp³-hybridized carbons (Fsp3) is 0.176. The van der Waals surface area contributed by atoms with Crippen molar-refractivity contribution in [3.63, 3.8) is 0 Å². The summed E-state index contributed by atoms with van der Waals surface area (Å²) < 4.78 is 1.58. The minimum atomic E-state index is -1.05. The Labute approximate surface area is 133 Å². The minimum Gasteiger partial charge on any atom is -0.476 e. The molecule has 0 radical (unpaired) electrons. The molecule has 2 heterocycles. The first-order chi connectivity index (χ1) is 11.2. The van der Waals surface area contributed by atoms with E-state index in [-0.39, 0.29) is 5.69 Å². The number of carbonyl (C=O) groups is 1. The topological polar surface area (TPSA) is 80.9 Å². The minimum absolute atomic E-state index is 0.00774. The van der Waals surface area contributed by atoms with Gasteiger partial charge < -0.3 is 5.11 Å². The van der Waals surface area contributed by atoms with E-state index in [9.17, 15) is 4.79 Å². The van der Waals surface area contributed by atoms with Crippen molar-refractivity contribution < 1.29 is 9.90 Å². The van der Waals surface area contributed by atoms with Crippen LogP contribution in [0, 0.1) is 0 Å². The Kier molecular flexibility index (Phi) is 4.14. The zero-order valence-corrected chi connectivity index (χ0v) is 12.7. The average molecular weight is 308 g/mol. The highest BCUT2D eigenvalue weighted by Gasteiger charge is 2.18. The summed E-state index contributed by atoms with van der Waals surface area (Å²) in [4.78, 5) is 15.2. The van der Waals surface area contributed by atoms with Gasteiger partial charge in [-0.1, -0.05) is 24.3 Å². The molecule has 0 aliphatic heterocycles. The van der Waals surface area contributed by atoms with Gasteiger partial charge in [-0.25, -0.2) is 9.48 Å². The second-order valence-electron chi connectivity index (χ2n) is 5.15. The van der Waals surface area contributed by atoms with Gasteiger partial charge in [0, 0.05) is 12.4 Å². The third kappa shape index (κ3) is 3.11. The quantitative estimate of drug-likeness (QED) is 0.783. The van der Waals surface area contributed by atoms with Gasteiger partial charge in [-0.15, -0.1) is 5.10 Å². The molecule has 6 nitrogen and oxygen atoms in total. The molecular formula is C17H16N4O2. The summed E-state index contributed by atoms with van der Waals surface area (Å²) in [7, 11) is 0. The summed E-state index contributed by atoms with van der Waals surface area (Å²) in [5.74, 6) is -1.05. The SMILES string of the molecule is CCc1c(C(=O)O)nnn1-c1ccc(Cc2ccncc2)cc1. The van der Waals surface area contributed by atoms with Crippen molar-refractivity contribution in [1.82, 2.24) is 20.0 Å². The Morgan fingerprint density at radius 1 is 1.09 bits per heavy atom. The number of pyridine rings is 1. The van der Waals surface area contributed by atoms with Gasteiger partial charge in [0.1, 0.15) is 0 Å². The molecule has 0 saturated carbocycles. The van der Waals surface area contributed by atoms with E-state index in [0.29, 0.717) is 12.1 Å². The van der Waals surface area contributed by atoms with Crippen LogP contribution in [0.1, 0.15) is 34.2 Å². The van der Waals surface area contributed by atoms with Crippen LogP contribution in [0.25, 0.3) is 5.69 Å². The molecule has 0 aliphatic rings. The molecule has 0 saturated heterocycles. The summed E-state index contributed by atoms with van der Waals surface area (Å²) >= 11 is 0. The molecule has 0 fully saturated rings. The van der Waals surface area contributed by atoms with Gasteiger partial charge in [0.25, 0.3) is 0 Å². The first-order valence-corrected chi connectivity index (χ1v) is 7.35. The second-order valence-corrected chi connectivity index (χ2v) is 5.15. The van der Waals surface area contributed by atoms with Crippen LogP contribution >= 0.6 is 0 Å². The average Bonchev–Trinajstić information content (AvgIpc) is 3.01. The monoisotopic (exact) mass is 308 g/mol. The molecule has 6 heteroatoms. The van der Waals surface area contributed by atoms with Crippen molar-refractivity contribution in [2.24, 2.45) is 0 Å². The number of carboxylic acid groups (broad SMARTS) is 1. The van der Waals surface area contributed by atoms with Gasteiger partial charge in [-0.3, -0.25) is 4.98 Å². The van der Waals surface area contributed by atoms with Crippen molar-refractivity contribution in [2.45, 2.75) is 19.8 Å². The van der Waals surface area contributed by atoms with Crippen molar-refractivity contribution in [2.75, 3.05) is 0 Å². The first-order valence-electron chi connectivity index (χ1n) is 7.35. The van der Waals surface area contributed by atoms with E-state index in [1.54, 1.807) is 17.1 Å². The molecule has 0 unspecified atom stereocenters. The molecule has 1 aromatic carbocycles. The number of nitrogens with zero attached hydrogens (tertiary/aromatic N) is 4. The molecule has 0 spiro atoms. The largest absolute Gasteiger partial charge is 0.476 e. The fourth-order valence-corrected chi connectivity index (χ4v) is 2.48. The number of hydrogen-bond acceptors (Lipinski definition) is 4. The van der Waals surface area contributed by atoms with Crippen LogP contribution in [0.5, 0.6) is 0 Å². The highest BCUT2D eigenvalue weighted by Crippen LogP contribution is 2.16. The van der Waals surface area contributed by atoms with Crippen LogP contribution < -0.4 is 0 Å². The fourth-order valence-electron chi connectivity index (χ4n) is 2.48. The summed E-state index contributed by atoms with van der Waals surface area (Å²) in [6.07, 6.45) is 4.93. The lowest BCUT2D eigenvalue weighted by Gasteiger charge is -2.07.